The molecule has 0 saturated heterocycles. The SMILES string of the molecule is CCc1nnc(NC(=O)CSc2nc3ccc(NC(=O)[C@H]4CCCC[C@H]4C(=O)O)cc3s2)s1. The first kappa shape index (κ1) is 23.6. The Labute approximate surface area is 202 Å². The van der Waals surface area contributed by atoms with Gasteiger partial charge in [-0.3, -0.25) is 19.7 Å². The smallest absolute Gasteiger partial charge is 0.307 e. The molecule has 1 aliphatic carbocycles. The maximum absolute atomic E-state index is 12.7. The lowest BCUT2D eigenvalue weighted by atomic mass is 9.78. The molecule has 0 spiro atoms. The normalized spacial score (nSPS) is 18.2. The van der Waals surface area contributed by atoms with Crippen LogP contribution in [0.2, 0.25) is 0 Å². The molecule has 3 aromatic rings. The third-order valence-corrected chi connectivity index (χ3v) is 8.54. The van der Waals surface area contributed by atoms with Crippen LogP contribution >= 0.6 is 34.4 Å². The van der Waals surface area contributed by atoms with E-state index in [1.165, 1.54) is 34.4 Å². The maximum Gasteiger partial charge on any atom is 0.307 e. The van der Waals surface area contributed by atoms with Gasteiger partial charge in [0.1, 0.15) is 5.01 Å². The van der Waals surface area contributed by atoms with Crippen molar-refractivity contribution >= 4 is 73.3 Å². The summed E-state index contributed by atoms with van der Waals surface area (Å²) < 4.78 is 1.62. The van der Waals surface area contributed by atoms with Gasteiger partial charge in [-0.25, -0.2) is 4.98 Å². The van der Waals surface area contributed by atoms with Crippen LogP contribution in [-0.4, -0.2) is 43.8 Å². The molecule has 2 heterocycles. The van der Waals surface area contributed by atoms with Gasteiger partial charge in [0.2, 0.25) is 16.9 Å². The second kappa shape index (κ2) is 10.6. The number of thioether (sulfide) groups is 1. The summed E-state index contributed by atoms with van der Waals surface area (Å²) in [5.41, 5.74) is 1.39. The Morgan fingerprint density at radius 2 is 1.91 bits per heavy atom. The number of hydrogen-bond acceptors (Lipinski definition) is 9. The highest BCUT2D eigenvalue weighted by atomic mass is 32.2. The lowest BCUT2D eigenvalue weighted by molar-refractivity contribution is -0.147. The van der Waals surface area contributed by atoms with Crippen LogP contribution < -0.4 is 10.6 Å². The van der Waals surface area contributed by atoms with E-state index in [0.29, 0.717) is 23.7 Å². The Morgan fingerprint density at radius 1 is 1.12 bits per heavy atom. The van der Waals surface area contributed by atoms with Crippen molar-refractivity contribution < 1.29 is 19.5 Å². The number of nitrogens with zero attached hydrogens (tertiary/aromatic N) is 3. The minimum absolute atomic E-state index is 0.175. The molecule has 0 radical (unpaired) electrons. The molecule has 9 nitrogen and oxygen atoms in total. The minimum atomic E-state index is -0.907. The van der Waals surface area contributed by atoms with Gasteiger partial charge in [0, 0.05) is 5.69 Å². The molecule has 12 heteroatoms. The molecule has 2 amide bonds. The van der Waals surface area contributed by atoms with Crippen molar-refractivity contribution in [2.75, 3.05) is 16.4 Å². The molecule has 4 rings (SSSR count). The first-order chi connectivity index (χ1) is 15.9. The second-order valence-electron chi connectivity index (χ2n) is 7.68. The molecule has 1 fully saturated rings. The number of aryl methyl sites for hydroxylation is 1. The van der Waals surface area contributed by atoms with Gasteiger partial charge < -0.3 is 10.4 Å². The molecule has 1 saturated carbocycles. The molecule has 33 heavy (non-hydrogen) atoms. The number of amides is 2. The van der Waals surface area contributed by atoms with Gasteiger partial charge in [-0.15, -0.1) is 21.5 Å². The maximum atomic E-state index is 12.7. The number of carboxylic acids is 1. The second-order valence-corrected chi connectivity index (χ2v) is 11.0. The molecule has 0 aliphatic heterocycles. The van der Waals surface area contributed by atoms with E-state index in [4.69, 9.17) is 0 Å². The van der Waals surface area contributed by atoms with Crippen LogP contribution in [0.1, 0.15) is 37.6 Å². The van der Waals surface area contributed by atoms with E-state index in [2.05, 4.69) is 25.8 Å². The fourth-order valence-corrected chi connectivity index (χ4v) is 6.35. The van der Waals surface area contributed by atoms with Gasteiger partial charge in [-0.05, 0) is 37.5 Å². The van der Waals surface area contributed by atoms with E-state index < -0.39 is 17.8 Å². The zero-order valence-corrected chi connectivity index (χ0v) is 20.3. The van der Waals surface area contributed by atoms with Crippen LogP contribution in [0.15, 0.2) is 22.5 Å². The number of fused-ring (bicyclic) bond motifs is 1. The third kappa shape index (κ3) is 5.87. The summed E-state index contributed by atoms with van der Waals surface area (Å²) in [4.78, 5) is 41.0. The summed E-state index contributed by atoms with van der Waals surface area (Å²) >= 11 is 4.13. The topological polar surface area (TPSA) is 134 Å². The number of aliphatic carboxylic acids is 1. The molecule has 0 unspecified atom stereocenters. The summed E-state index contributed by atoms with van der Waals surface area (Å²) in [6.07, 6.45) is 3.60. The number of rotatable bonds is 8. The Bertz CT molecular complexity index is 1180. The zero-order chi connectivity index (χ0) is 23.4. The molecule has 1 aliphatic rings. The van der Waals surface area contributed by atoms with Gasteiger partial charge in [-0.1, -0.05) is 42.9 Å². The monoisotopic (exact) mass is 505 g/mol. The summed E-state index contributed by atoms with van der Waals surface area (Å²) in [5.74, 6) is -2.28. The number of anilines is 2. The number of benzene rings is 1. The van der Waals surface area contributed by atoms with Crippen LogP contribution in [0.3, 0.4) is 0 Å². The van der Waals surface area contributed by atoms with Crippen molar-refractivity contribution in [2.24, 2.45) is 11.8 Å². The average Bonchev–Trinajstić information content (AvgIpc) is 3.43. The largest absolute Gasteiger partial charge is 0.481 e. The highest BCUT2D eigenvalue weighted by Crippen LogP contribution is 2.33. The number of hydrogen-bond donors (Lipinski definition) is 3. The third-order valence-electron chi connectivity index (χ3n) is 5.40. The number of thiazole rings is 1. The first-order valence-corrected chi connectivity index (χ1v) is 13.2. The van der Waals surface area contributed by atoms with Crippen LogP contribution in [0.5, 0.6) is 0 Å². The molecule has 2 atom stereocenters. The van der Waals surface area contributed by atoms with E-state index in [9.17, 15) is 19.5 Å². The molecule has 3 N–H and O–H groups in total. The van der Waals surface area contributed by atoms with Gasteiger partial charge in [-0.2, -0.15) is 0 Å². The Hall–Kier alpha value is -2.57. The summed E-state index contributed by atoms with van der Waals surface area (Å²) in [6.45, 7) is 1.98. The average molecular weight is 506 g/mol. The van der Waals surface area contributed by atoms with Crippen molar-refractivity contribution in [1.82, 2.24) is 15.2 Å². The van der Waals surface area contributed by atoms with Gasteiger partial charge >= 0.3 is 5.97 Å². The highest BCUT2D eigenvalue weighted by Gasteiger charge is 2.35. The molecule has 0 bridgehead atoms. The van der Waals surface area contributed by atoms with Crippen molar-refractivity contribution in [2.45, 2.75) is 43.4 Å². The van der Waals surface area contributed by atoms with Gasteiger partial charge in [0.25, 0.3) is 0 Å². The van der Waals surface area contributed by atoms with Crippen molar-refractivity contribution in [1.29, 1.82) is 0 Å². The predicted octanol–water partition coefficient (Wildman–Crippen LogP) is 4.27. The van der Waals surface area contributed by atoms with E-state index >= 15 is 0 Å². The van der Waals surface area contributed by atoms with Gasteiger partial charge in [0.05, 0.1) is 27.8 Å². The number of aromatic nitrogens is 3. The molecule has 174 valence electrons. The highest BCUT2D eigenvalue weighted by molar-refractivity contribution is 8.01. The fraction of sp³-hybridized carbons (Fsp3) is 0.429. The first-order valence-electron chi connectivity index (χ1n) is 10.6. The standard InChI is InChI=1S/C21H23N5O4S3/c1-2-17-25-26-20(33-17)24-16(27)10-31-21-23-14-8-7-11(9-15(14)32-21)22-18(28)12-5-3-4-6-13(12)19(29)30/h7-9,12-13H,2-6,10H2,1H3,(H,22,28)(H,29,30)(H,24,26,27)/t12-,13+/m0/s1. The van der Waals surface area contributed by atoms with Crippen LogP contribution in [0, 0.1) is 11.8 Å². The summed E-state index contributed by atoms with van der Waals surface area (Å²) in [5, 5.41) is 24.3. The molecular weight excluding hydrogens is 482 g/mol. The number of carbonyl (C=O) groups excluding carboxylic acids is 2. The number of carbonyl (C=O) groups is 3. The van der Waals surface area contributed by atoms with Crippen molar-refractivity contribution in [3.05, 3.63) is 23.2 Å². The number of nitrogens with one attached hydrogen (secondary N) is 2. The van der Waals surface area contributed by atoms with E-state index in [0.717, 1.165) is 38.8 Å². The summed E-state index contributed by atoms with van der Waals surface area (Å²) in [6, 6.07) is 5.41. The van der Waals surface area contributed by atoms with Crippen molar-refractivity contribution in [3.8, 4) is 0 Å². The molecule has 1 aromatic carbocycles. The minimum Gasteiger partial charge on any atom is -0.481 e. The van der Waals surface area contributed by atoms with Crippen LogP contribution in [0.4, 0.5) is 10.8 Å². The summed E-state index contributed by atoms with van der Waals surface area (Å²) in [7, 11) is 0. The lowest BCUT2D eigenvalue weighted by Crippen LogP contribution is -2.36. The van der Waals surface area contributed by atoms with E-state index in [1.807, 2.05) is 19.1 Å². The predicted molar refractivity (Wildman–Crippen MR) is 130 cm³/mol. The number of carboxylic acid groups (broad SMARTS) is 1. The zero-order valence-electron chi connectivity index (χ0n) is 17.9. The van der Waals surface area contributed by atoms with E-state index in [1.54, 1.807) is 6.07 Å². The van der Waals surface area contributed by atoms with Crippen LogP contribution in [0.25, 0.3) is 10.2 Å². The Balaban J connectivity index is 1.36. The molecular formula is C21H23N5O4S3. The van der Waals surface area contributed by atoms with E-state index in [-0.39, 0.29) is 17.6 Å². The Morgan fingerprint density at radius 3 is 2.64 bits per heavy atom. The van der Waals surface area contributed by atoms with Crippen LogP contribution in [-0.2, 0) is 20.8 Å². The Kier molecular flexibility index (Phi) is 7.56. The fourth-order valence-electron chi connectivity index (χ4n) is 3.75. The van der Waals surface area contributed by atoms with Gasteiger partial charge in [0.15, 0.2) is 4.34 Å². The lowest BCUT2D eigenvalue weighted by Gasteiger charge is -2.27. The molecule has 2 aromatic heterocycles. The quantitative estimate of drug-likeness (QED) is 0.386. The van der Waals surface area contributed by atoms with Crippen molar-refractivity contribution in [3.63, 3.8) is 0 Å².